The highest BCUT2D eigenvalue weighted by molar-refractivity contribution is 6.02. The zero-order valence-corrected chi connectivity index (χ0v) is 18.1. The number of methoxy groups -OCH3 is 1. The van der Waals surface area contributed by atoms with E-state index in [1.807, 2.05) is 0 Å². The van der Waals surface area contributed by atoms with E-state index in [9.17, 15) is 19.8 Å². The molecular formula is C21H22ClNO8. The van der Waals surface area contributed by atoms with Crippen LogP contribution in [0.3, 0.4) is 0 Å². The fraction of sp³-hybridized carbons (Fsp3) is 0.333. The standard InChI is InChI=1S/C21H21NO8.ClH/c1-7-5-11(27-4)10(6-8(2)22)17-12(7)19(24)29-16-9(3)15(23)13-14(18(16)28-17)21(26)30-20(13)25;/h5,8,21,23,26H,6,22H2,1-4H3;1H. The maximum absolute atomic E-state index is 13.0. The zero-order valence-electron chi connectivity index (χ0n) is 17.3. The van der Waals surface area contributed by atoms with Gasteiger partial charge in [-0.3, -0.25) is 0 Å². The fourth-order valence-corrected chi connectivity index (χ4v) is 3.82. The van der Waals surface area contributed by atoms with Crippen LogP contribution in [-0.2, 0) is 11.2 Å². The normalized spacial score (nSPS) is 17.2. The summed E-state index contributed by atoms with van der Waals surface area (Å²) in [6.07, 6.45) is -1.36. The van der Waals surface area contributed by atoms with Crippen LogP contribution in [0.2, 0.25) is 0 Å². The Kier molecular flexibility index (Phi) is 5.79. The number of hydrogen-bond acceptors (Lipinski definition) is 9. The van der Waals surface area contributed by atoms with Crippen LogP contribution in [0.1, 0.15) is 56.2 Å². The minimum atomic E-state index is -1.68. The number of ether oxygens (including phenoxy) is 4. The molecule has 2 atom stereocenters. The molecule has 2 aliphatic heterocycles. The van der Waals surface area contributed by atoms with Crippen LogP contribution in [0.25, 0.3) is 0 Å². The predicted molar refractivity (Wildman–Crippen MR) is 111 cm³/mol. The van der Waals surface area contributed by atoms with Crippen molar-refractivity contribution >= 4 is 24.3 Å². The van der Waals surface area contributed by atoms with Crippen molar-refractivity contribution in [3.63, 3.8) is 0 Å². The summed E-state index contributed by atoms with van der Waals surface area (Å²) < 4.78 is 22.0. The number of phenols is 1. The third kappa shape index (κ3) is 3.34. The van der Waals surface area contributed by atoms with Gasteiger partial charge in [-0.1, -0.05) is 0 Å². The van der Waals surface area contributed by atoms with Crippen LogP contribution < -0.4 is 19.9 Å². The number of phenolic OH excluding ortho intramolecular Hbond substituents is 1. The van der Waals surface area contributed by atoms with Gasteiger partial charge >= 0.3 is 11.9 Å². The number of aliphatic hydroxyl groups excluding tert-OH is 1. The number of hydrogen-bond donors (Lipinski definition) is 3. The second kappa shape index (κ2) is 7.92. The molecule has 0 fully saturated rings. The Bertz CT molecular complexity index is 1110. The van der Waals surface area contributed by atoms with Gasteiger partial charge in [0.1, 0.15) is 28.4 Å². The summed E-state index contributed by atoms with van der Waals surface area (Å²) in [7, 11) is 1.49. The summed E-state index contributed by atoms with van der Waals surface area (Å²) in [6.45, 7) is 4.97. The Balaban J connectivity index is 0.00000272. The van der Waals surface area contributed by atoms with Crippen molar-refractivity contribution in [1.82, 2.24) is 0 Å². The molecule has 0 aliphatic carbocycles. The van der Waals surface area contributed by atoms with Crippen LogP contribution in [0.5, 0.6) is 28.7 Å². The van der Waals surface area contributed by atoms with Crippen molar-refractivity contribution in [2.75, 3.05) is 7.11 Å². The smallest absolute Gasteiger partial charge is 0.347 e. The first-order valence-corrected chi connectivity index (χ1v) is 9.30. The maximum Gasteiger partial charge on any atom is 0.347 e. The van der Waals surface area contributed by atoms with Crippen LogP contribution in [0.15, 0.2) is 6.07 Å². The predicted octanol–water partition coefficient (Wildman–Crippen LogP) is 2.82. The summed E-state index contributed by atoms with van der Waals surface area (Å²) in [5.41, 5.74) is 7.01. The number of halogens is 1. The lowest BCUT2D eigenvalue weighted by atomic mass is 9.97. The number of benzene rings is 2. The molecule has 0 radical (unpaired) electrons. The van der Waals surface area contributed by atoms with E-state index in [4.69, 9.17) is 24.7 Å². The average Bonchev–Trinajstić information content (AvgIpc) is 2.87. The second-order valence-corrected chi connectivity index (χ2v) is 7.43. The zero-order chi connectivity index (χ0) is 21.9. The lowest BCUT2D eigenvalue weighted by Crippen LogP contribution is -2.20. The molecule has 0 aromatic heterocycles. The Morgan fingerprint density at radius 1 is 1.13 bits per heavy atom. The number of cyclic esters (lactones) is 1. The van der Waals surface area contributed by atoms with E-state index < -0.39 is 24.0 Å². The Morgan fingerprint density at radius 3 is 2.42 bits per heavy atom. The van der Waals surface area contributed by atoms with E-state index in [0.717, 1.165) is 0 Å². The minimum absolute atomic E-state index is 0. The summed E-state index contributed by atoms with van der Waals surface area (Å²) in [4.78, 5) is 25.2. The second-order valence-electron chi connectivity index (χ2n) is 7.43. The number of esters is 2. The quantitative estimate of drug-likeness (QED) is 0.475. The number of nitrogens with two attached hydrogens (primary N) is 1. The molecule has 2 aromatic carbocycles. The summed E-state index contributed by atoms with van der Waals surface area (Å²) >= 11 is 0. The molecule has 0 amide bonds. The number of carbonyl (C=O) groups is 2. The van der Waals surface area contributed by atoms with Crippen molar-refractivity contribution in [2.24, 2.45) is 5.73 Å². The van der Waals surface area contributed by atoms with E-state index >= 15 is 0 Å². The molecule has 10 heteroatoms. The van der Waals surface area contributed by atoms with E-state index in [2.05, 4.69) is 0 Å². The van der Waals surface area contributed by atoms with E-state index in [-0.39, 0.29) is 58.0 Å². The molecule has 166 valence electrons. The Hall–Kier alpha value is -3.01. The highest BCUT2D eigenvalue weighted by Crippen LogP contribution is 2.53. The fourth-order valence-electron chi connectivity index (χ4n) is 3.82. The van der Waals surface area contributed by atoms with Crippen molar-refractivity contribution in [2.45, 2.75) is 39.5 Å². The number of aromatic hydroxyl groups is 1. The van der Waals surface area contributed by atoms with Crippen LogP contribution >= 0.6 is 12.4 Å². The van der Waals surface area contributed by atoms with Crippen molar-refractivity contribution in [3.8, 4) is 28.7 Å². The number of fused-ring (bicyclic) bond motifs is 4. The third-order valence-corrected chi connectivity index (χ3v) is 5.21. The van der Waals surface area contributed by atoms with Gasteiger partial charge in [0.15, 0.2) is 11.5 Å². The van der Waals surface area contributed by atoms with E-state index in [1.165, 1.54) is 14.0 Å². The molecule has 2 unspecified atom stereocenters. The lowest BCUT2D eigenvalue weighted by molar-refractivity contribution is -0.0555. The monoisotopic (exact) mass is 451 g/mol. The van der Waals surface area contributed by atoms with Crippen molar-refractivity contribution in [1.29, 1.82) is 0 Å². The van der Waals surface area contributed by atoms with Crippen molar-refractivity contribution in [3.05, 3.63) is 39.4 Å². The van der Waals surface area contributed by atoms with E-state index in [1.54, 1.807) is 19.9 Å². The van der Waals surface area contributed by atoms with Crippen LogP contribution in [-0.4, -0.2) is 35.3 Å². The van der Waals surface area contributed by atoms with Gasteiger partial charge in [0.2, 0.25) is 6.29 Å². The Labute approximate surface area is 184 Å². The SMILES string of the molecule is COc1cc(C)c2c(c1CC(C)N)Oc1c(c(C)c(O)c3c1C(O)OC3=O)OC2=O.Cl. The van der Waals surface area contributed by atoms with Gasteiger partial charge in [-0.2, -0.15) is 0 Å². The number of carbonyl (C=O) groups excluding carboxylic acids is 2. The first-order chi connectivity index (χ1) is 14.1. The van der Waals surface area contributed by atoms with Gasteiger partial charge in [-0.25, -0.2) is 9.59 Å². The molecule has 4 N–H and O–H groups in total. The Morgan fingerprint density at radius 2 is 1.81 bits per heavy atom. The molecule has 0 spiro atoms. The minimum Gasteiger partial charge on any atom is -0.507 e. The first-order valence-electron chi connectivity index (χ1n) is 9.30. The molecule has 31 heavy (non-hydrogen) atoms. The van der Waals surface area contributed by atoms with Gasteiger partial charge in [0.05, 0.1) is 12.7 Å². The van der Waals surface area contributed by atoms with Gasteiger partial charge in [0, 0.05) is 17.2 Å². The highest BCUT2D eigenvalue weighted by Gasteiger charge is 2.42. The van der Waals surface area contributed by atoms with Crippen molar-refractivity contribution < 1.29 is 38.7 Å². The maximum atomic E-state index is 13.0. The summed E-state index contributed by atoms with van der Waals surface area (Å²) in [5.74, 6) is -1.61. The highest BCUT2D eigenvalue weighted by atomic mass is 35.5. The van der Waals surface area contributed by atoms with Crippen LogP contribution in [0, 0.1) is 13.8 Å². The van der Waals surface area contributed by atoms with Gasteiger partial charge in [0.25, 0.3) is 0 Å². The lowest BCUT2D eigenvalue weighted by Gasteiger charge is -2.20. The summed E-state index contributed by atoms with van der Waals surface area (Å²) in [6, 6.07) is 1.41. The molecule has 0 saturated heterocycles. The first kappa shape index (κ1) is 22.7. The van der Waals surface area contributed by atoms with Crippen LogP contribution in [0.4, 0.5) is 0 Å². The van der Waals surface area contributed by atoms with Gasteiger partial charge < -0.3 is 34.9 Å². The van der Waals surface area contributed by atoms with E-state index in [0.29, 0.717) is 23.3 Å². The summed E-state index contributed by atoms with van der Waals surface area (Å²) in [5, 5.41) is 20.8. The molecule has 0 saturated carbocycles. The molecule has 2 heterocycles. The molecule has 2 aliphatic rings. The molecule has 9 nitrogen and oxygen atoms in total. The molecule has 2 aromatic rings. The van der Waals surface area contributed by atoms with Gasteiger partial charge in [-0.15, -0.1) is 12.4 Å². The average molecular weight is 452 g/mol. The molecule has 4 rings (SSSR count). The largest absolute Gasteiger partial charge is 0.507 e. The number of aryl methyl sites for hydroxylation is 1. The van der Waals surface area contributed by atoms with Gasteiger partial charge in [-0.05, 0) is 38.8 Å². The molecular weight excluding hydrogens is 430 g/mol. The molecule has 0 bridgehead atoms. The number of aliphatic hydroxyl groups is 1. The third-order valence-electron chi connectivity index (χ3n) is 5.21. The number of rotatable bonds is 3. The topological polar surface area (TPSA) is 138 Å².